The maximum Gasteiger partial charge on any atom is 0.240 e. The zero-order chi connectivity index (χ0) is 14.1. The number of sulfonamides is 1. The summed E-state index contributed by atoms with van der Waals surface area (Å²) in [5.41, 5.74) is 1.17. The first-order valence-corrected chi connectivity index (χ1v) is 8.11. The van der Waals surface area contributed by atoms with Crippen molar-refractivity contribution in [1.82, 2.24) is 10.0 Å². The lowest BCUT2D eigenvalue weighted by molar-refractivity contribution is 0.559. The summed E-state index contributed by atoms with van der Waals surface area (Å²) in [5, 5.41) is 3.15. The van der Waals surface area contributed by atoms with Gasteiger partial charge in [-0.25, -0.2) is 13.1 Å². The molecule has 1 fully saturated rings. The molecule has 1 atom stereocenters. The van der Waals surface area contributed by atoms with E-state index in [-0.39, 0.29) is 11.5 Å². The van der Waals surface area contributed by atoms with Gasteiger partial charge in [-0.05, 0) is 36.1 Å². The van der Waals surface area contributed by atoms with E-state index < -0.39 is 10.0 Å². The van der Waals surface area contributed by atoms with Crippen molar-refractivity contribution in [3.8, 4) is 0 Å². The number of rotatable bonds is 3. The van der Waals surface area contributed by atoms with Gasteiger partial charge in [0.05, 0.1) is 4.90 Å². The smallest absolute Gasteiger partial charge is 0.240 e. The molecule has 1 saturated heterocycles. The molecule has 1 aromatic rings. The van der Waals surface area contributed by atoms with E-state index in [2.05, 4.69) is 30.8 Å². The summed E-state index contributed by atoms with van der Waals surface area (Å²) in [4.78, 5) is 0.340. The summed E-state index contributed by atoms with van der Waals surface area (Å²) in [7, 11) is -3.40. The second-order valence-electron chi connectivity index (χ2n) is 6.09. The third kappa shape index (κ3) is 3.55. The van der Waals surface area contributed by atoms with E-state index in [1.165, 1.54) is 0 Å². The van der Waals surface area contributed by atoms with Gasteiger partial charge in [0.25, 0.3) is 0 Å². The van der Waals surface area contributed by atoms with Gasteiger partial charge in [0.15, 0.2) is 0 Å². The molecule has 5 heteroatoms. The fourth-order valence-corrected chi connectivity index (χ4v) is 3.45. The Morgan fingerprint density at radius 1 is 1.21 bits per heavy atom. The highest BCUT2D eigenvalue weighted by molar-refractivity contribution is 7.89. The highest BCUT2D eigenvalue weighted by Crippen LogP contribution is 2.23. The van der Waals surface area contributed by atoms with E-state index in [4.69, 9.17) is 0 Å². The quantitative estimate of drug-likeness (QED) is 0.886. The Bertz CT molecular complexity index is 524. The van der Waals surface area contributed by atoms with Crippen LogP contribution in [0.3, 0.4) is 0 Å². The van der Waals surface area contributed by atoms with Gasteiger partial charge >= 0.3 is 0 Å². The van der Waals surface area contributed by atoms with Crippen LogP contribution in [0.25, 0.3) is 0 Å². The largest absolute Gasteiger partial charge is 0.315 e. The van der Waals surface area contributed by atoms with E-state index in [1.54, 1.807) is 12.1 Å². The first-order valence-electron chi connectivity index (χ1n) is 6.63. The molecule has 1 aliphatic rings. The molecule has 19 heavy (non-hydrogen) atoms. The molecule has 1 aliphatic heterocycles. The van der Waals surface area contributed by atoms with Crippen LogP contribution in [0, 0.1) is 0 Å². The molecular weight excluding hydrogens is 260 g/mol. The lowest BCUT2D eigenvalue weighted by atomic mass is 9.87. The van der Waals surface area contributed by atoms with Gasteiger partial charge < -0.3 is 5.32 Å². The minimum atomic E-state index is -3.40. The number of hydrogen-bond acceptors (Lipinski definition) is 3. The first kappa shape index (κ1) is 14.5. The normalized spacial score (nSPS) is 20.7. The van der Waals surface area contributed by atoms with Gasteiger partial charge in [-0.2, -0.15) is 0 Å². The van der Waals surface area contributed by atoms with Crippen molar-refractivity contribution in [3.63, 3.8) is 0 Å². The summed E-state index contributed by atoms with van der Waals surface area (Å²) in [6, 6.07) is 7.16. The van der Waals surface area contributed by atoms with Crippen LogP contribution < -0.4 is 10.0 Å². The average Bonchev–Trinajstić information content (AvgIpc) is 2.80. The molecular formula is C14H22N2O2S. The Morgan fingerprint density at radius 2 is 1.84 bits per heavy atom. The molecule has 1 aromatic carbocycles. The maximum absolute atomic E-state index is 12.2. The van der Waals surface area contributed by atoms with E-state index >= 15 is 0 Å². The summed E-state index contributed by atoms with van der Waals surface area (Å²) >= 11 is 0. The predicted molar refractivity (Wildman–Crippen MR) is 76.7 cm³/mol. The molecule has 1 unspecified atom stereocenters. The van der Waals surface area contributed by atoms with Crippen LogP contribution in [-0.4, -0.2) is 27.5 Å². The van der Waals surface area contributed by atoms with Gasteiger partial charge in [-0.3, -0.25) is 0 Å². The third-order valence-corrected chi connectivity index (χ3v) is 4.95. The van der Waals surface area contributed by atoms with Gasteiger partial charge in [0, 0.05) is 12.6 Å². The van der Waals surface area contributed by atoms with Crippen LogP contribution in [0.4, 0.5) is 0 Å². The zero-order valence-electron chi connectivity index (χ0n) is 11.7. The van der Waals surface area contributed by atoms with E-state index in [0.717, 1.165) is 18.5 Å². The minimum absolute atomic E-state index is 0.00675. The Morgan fingerprint density at radius 3 is 2.32 bits per heavy atom. The first-order chi connectivity index (χ1) is 8.79. The molecule has 106 valence electrons. The van der Waals surface area contributed by atoms with Crippen LogP contribution in [0.1, 0.15) is 32.8 Å². The zero-order valence-corrected chi connectivity index (χ0v) is 12.5. The van der Waals surface area contributed by atoms with Crippen molar-refractivity contribution in [3.05, 3.63) is 29.8 Å². The monoisotopic (exact) mass is 282 g/mol. The molecule has 4 nitrogen and oxygen atoms in total. The molecule has 0 amide bonds. The van der Waals surface area contributed by atoms with Gasteiger partial charge in [-0.15, -0.1) is 0 Å². The second kappa shape index (κ2) is 5.23. The summed E-state index contributed by atoms with van der Waals surface area (Å²) in [6.45, 7) is 7.91. The van der Waals surface area contributed by atoms with Crippen LogP contribution in [0.5, 0.6) is 0 Å². The molecule has 0 bridgehead atoms. The fraction of sp³-hybridized carbons (Fsp3) is 0.571. The van der Waals surface area contributed by atoms with Crippen molar-refractivity contribution >= 4 is 10.0 Å². The van der Waals surface area contributed by atoms with E-state index in [1.807, 2.05) is 12.1 Å². The molecule has 0 saturated carbocycles. The molecule has 2 rings (SSSR count). The highest BCUT2D eigenvalue weighted by atomic mass is 32.2. The van der Waals surface area contributed by atoms with Crippen molar-refractivity contribution in [2.24, 2.45) is 0 Å². The maximum atomic E-state index is 12.2. The fourth-order valence-electron chi connectivity index (χ4n) is 2.18. The van der Waals surface area contributed by atoms with Gasteiger partial charge in [0.1, 0.15) is 0 Å². The van der Waals surface area contributed by atoms with Crippen LogP contribution in [-0.2, 0) is 15.4 Å². The molecule has 1 heterocycles. The van der Waals surface area contributed by atoms with Crippen LogP contribution in [0.2, 0.25) is 0 Å². The van der Waals surface area contributed by atoms with Crippen molar-refractivity contribution in [1.29, 1.82) is 0 Å². The topological polar surface area (TPSA) is 58.2 Å². The summed E-state index contributed by atoms with van der Waals surface area (Å²) in [6.07, 6.45) is 0.847. The average molecular weight is 282 g/mol. The second-order valence-corrected chi connectivity index (χ2v) is 7.80. The number of benzene rings is 1. The molecule has 2 N–H and O–H groups in total. The Labute approximate surface area is 115 Å². The van der Waals surface area contributed by atoms with E-state index in [9.17, 15) is 8.42 Å². The SMILES string of the molecule is CC(C)(C)c1ccc(S(=O)(=O)NC2CCNC2)cc1. The standard InChI is InChI=1S/C14H22N2O2S/c1-14(2,3)11-4-6-13(7-5-11)19(17,18)16-12-8-9-15-10-12/h4-7,12,15-16H,8-10H2,1-3H3. The van der Waals surface area contributed by atoms with Crippen LogP contribution in [0.15, 0.2) is 29.2 Å². The predicted octanol–water partition coefficient (Wildman–Crippen LogP) is 1.62. The molecule has 0 spiro atoms. The van der Waals surface area contributed by atoms with Gasteiger partial charge in [0.2, 0.25) is 10.0 Å². The highest BCUT2D eigenvalue weighted by Gasteiger charge is 2.23. The lowest BCUT2D eigenvalue weighted by Gasteiger charge is -2.19. The number of nitrogens with one attached hydrogen (secondary N) is 2. The van der Waals surface area contributed by atoms with Crippen LogP contribution >= 0.6 is 0 Å². The Kier molecular flexibility index (Phi) is 3.99. The van der Waals surface area contributed by atoms with E-state index in [0.29, 0.717) is 11.4 Å². The summed E-state index contributed by atoms with van der Waals surface area (Å²) in [5.74, 6) is 0. The minimum Gasteiger partial charge on any atom is -0.315 e. The van der Waals surface area contributed by atoms with Crippen molar-refractivity contribution in [2.75, 3.05) is 13.1 Å². The summed E-state index contributed by atoms with van der Waals surface area (Å²) < 4.78 is 27.2. The molecule has 0 radical (unpaired) electrons. The lowest BCUT2D eigenvalue weighted by Crippen LogP contribution is -2.36. The van der Waals surface area contributed by atoms with Crippen molar-refractivity contribution < 1.29 is 8.42 Å². The van der Waals surface area contributed by atoms with Crippen molar-refractivity contribution in [2.45, 2.75) is 43.5 Å². The Hall–Kier alpha value is -0.910. The number of hydrogen-bond donors (Lipinski definition) is 2. The Balaban J connectivity index is 2.16. The molecule has 0 aromatic heterocycles. The van der Waals surface area contributed by atoms with Gasteiger partial charge in [-0.1, -0.05) is 32.9 Å². The molecule has 0 aliphatic carbocycles. The third-order valence-electron chi connectivity index (χ3n) is 3.41.